The number of ether oxygens (including phenoxy) is 1. The van der Waals surface area contributed by atoms with E-state index in [9.17, 15) is 9.59 Å². The summed E-state index contributed by atoms with van der Waals surface area (Å²) in [6.07, 6.45) is 0. The van der Waals surface area contributed by atoms with Crippen LogP contribution in [0.15, 0.2) is 53.4 Å². The highest BCUT2D eigenvalue weighted by molar-refractivity contribution is 8.00. The molecule has 2 aromatic carbocycles. The van der Waals surface area contributed by atoms with Gasteiger partial charge in [-0.3, -0.25) is 9.59 Å². The number of amides is 2. The smallest absolute Gasteiger partial charge is 0.251 e. The van der Waals surface area contributed by atoms with E-state index in [0.29, 0.717) is 11.3 Å². The van der Waals surface area contributed by atoms with E-state index in [1.54, 1.807) is 38.4 Å². The Morgan fingerprint density at radius 2 is 1.87 bits per heavy atom. The molecule has 120 valence electrons. The summed E-state index contributed by atoms with van der Waals surface area (Å²) in [5.74, 6) is 0.759. The zero-order valence-corrected chi connectivity index (χ0v) is 13.8. The van der Waals surface area contributed by atoms with Crippen molar-refractivity contribution in [2.75, 3.05) is 25.2 Å². The zero-order chi connectivity index (χ0) is 16.7. The number of hydrogen-bond acceptors (Lipinski definition) is 4. The van der Waals surface area contributed by atoms with Gasteiger partial charge in [0.1, 0.15) is 5.75 Å². The van der Waals surface area contributed by atoms with E-state index in [1.165, 1.54) is 11.8 Å². The number of thioether (sulfide) groups is 1. The first kappa shape index (κ1) is 16.9. The van der Waals surface area contributed by atoms with Gasteiger partial charge >= 0.3 is 0 Å². The molecule has 0 saturated heterocycles. The second-order valence-corrected chi connectivity index (χ2v) is 5.72. The fraction of sp³-hybridized carbons (Fsp3) is 0.176. The van der Waals surface area contributed by atoms with E-state index in [2.05, 4.69) is 10.6 Å². The van der Waals surface area contributed by atoms with Crippen molar-refractivity contribution >= 4 is 29.3 Å². The van der Waals surface area contributed by atoms with Crippen LogP contribution in [0.5, 0.6) is 5.75 Å². The molecule has 0 aliphatic heterocycles. The Bertz CT molecular complexity index is 686. The summed E-state index contributed by atoms with van der Waals surface area (Å²) >= 11 is 1.44. The highest BCUT2D eigenvalue weighted by atomic mass is 32.2. The van der Waals surface area contributed by atoms with Crippen LogP contribution in [0.3, 0.4) is 0 Å². The zero-order valence-electron chi connectivity index (χ0n) is 13.0. The average molecular weight is 330 g/mol. The maximum atomic E-state index is 12.0. The van der Waals surface area contributed by atoms with Gasteiger partial charge in [0.15, 0.2) is 0 Å². The molecule has 0 spiro atoms. The van der Waals surface area contributed by atoms with Gasteiger partial charge in [0.2, 0.25) is 5.91 Å². The summed E-state index contributed by atoms with van der Waals surface area (Å²) in [7, 11) is 3.18. The topological polar surface area (TPSA) is 67.4 Å². The van der Waals surface area contributed by atoms with Gasteiger partial charge in [-0.15, -0.1) is 11.8 Å². The maximum absolute atomic E-state index is 12.0. The van der Waals surface area contributed by atoms with Crippen LogP contribution in [0, 0.1) is 0 Å². The molecule has 6 heteroatoms. The van der Waals surface area contributed by atoms with Crippen LogP contribution < -0.4 is 15.4 Å². The minimum absolute atomic E-state index is 0.125. The Balaban J connectivity index is 1.90. The number of carbonyl (C=O) groups excluding carboxylic acids is 2. The Morgan fingerprint density at radius 3 is 2.52 bits per heavy atom. The van der Waals surface area contributed by atoms with Crippen molar-refractivity contribution in [2.24, 2.45) is 0 Å². The van der Waals surface area contributed by atoms with Crippen molar-refractivity contribution < 1.29 is 14.3 Å². The highest BCUT2D eigenvalue weighted by Crippen LogP contribution is 2.21. The lowest BCUT2D eigenvalue weighted by Gasteiger charge is -2.07. The summed E-state index contributed by atoms with van der Waals surface area (Å²) < 4.78 is 5.09. The van der Waals surface area contributed by atoms with E-state index in [1.807, 2.05) is 24.3 Å². The van der Waals surface area contributed by atoms with Crippen LogP contribution >= 0.6 is 11.8 Å². The molecular weight excluding hydrogens is 312 g/mol. The first-order valence-corrected chi connectivity index (χ1v) is 8.00. The molecule has 5 nitrogen and oxygen atoms in total. The molecule has 0 aliphatic carbocycles. The van der Waals surface area contributed by atoms with Crippen molar-refractivity contribution in [3.63, 3.8) is 0 Å². The van der Waals surface area contributed by atoms with Gasteiger partial charge in [0.05, 0.1) is 12.9 Å². The normalized spacial score (nSPS) is 10.0. The third kappa shape index (κ3) is 5.03. The second-order valence-electron chi connectivity index (χ2n) is 4.67. The van der Waals surface area contributed by atoms with E-state index < -0.39 is 0 Å². The minimum Gasteiger partial charge on any atom is -0.497 e. The number of carbonyl (C=O) groups is 2. The number of methoxy groups -OCH3 is 1. The standard InChI is InChI=1S/C17H18N2O3S/c1-18-17(21)12-4-3-5-13(10-12)19-16(20)11-23-15-8-6-14(22-2)7-9-15/h3-10H,11H2,1-2H3,(H,18,21)(H,19,20). The Hall–Kier alpha value is -2.47. The van der Waals surface area contributed by atoms with Crippen molar-refractivity contribution in [2.45, 2.75) is 4.90 Å². The van der Waals surface area contributed by atoms with Crippen LogP contribution in [-0.4, -0.2) is 31.7 Å². The van der Waals surface area contributed by atoms with Crippen molar-refractivity contribution in [3.8, 4) is 5.75 Å². The lowest BCUT2D eigenvalue weighted by molar-refractivity contribution is -0.113. The molecule has 2 rings (SSSR count). The average Bonchev–Trinajstić information content (AvgIpc) is 2.60. The summed E-state index contributed by atoms with van der Waals surface area (Å²) in [6.45, 7) is 0. The third-order valence-electron chi connectivity index (χ3n) is 3.06. The molecule has 0 unspecified atom stereocenters. The summed E-state index contributed by atoms with van der Waals surface area (Å²) in [5, 5.41) is 5.34. The number of nitrogens with one attached hydrogen (secondary N) is 2. The molecule has 0 radical (unpaired) electrons. The fourth-order valence-electron chi connectivity index (χ4n) is 1.90. The van der Waals surface area contributed by atoms with E-state index in [-0.39, 0.29) is 17.6 Å². The van der Waals surface area contributed by atoms with Gasteiger partial charge in [-0.25, -0.2) is 0 Å². The third-order valence-corrected chi connectivity index (χ3v) is 4.08. The first-order chi connectivity index (χ1) is 11.1. The molecule has 2 N–H and O–H groups in total. The number of benzene rings is 2. The molecular formula is C17H18N2O3S. The van der Waals surface area contributed by atoms with Gasteiger partial charge in [-0.1, -0.05) is 6.07 Å². The van der Waals surface area contributed by atoms with Crippen LogP contribution in [0.2, 0.25) is 0 Å². The molecule has 0 aromatic heterocycles. The Morgan fingerprint density at radius 1 is 1.13 bits per heavy atom. The second kappa shape index (κ2) is 8.24. The fourth-order valence-corrected chi connectivity index (χ4v) is 2.60. The molecule has 0 heterocycles. The molecule has 2 amide bonds. The van der Waals surface area contributed by atoms with Gasteiger partial charge in [-0.05, 0) is 42.5 Å². The van der Waals surface area contributed by atoms with Crippen LogP contribution in [-0.2, 0) is 4.79 Å². The quantitative estimate of drug-likeness (QED) is 0.799. The van der Waals surface area contributed by atoms with Gasteiger partial charge in [0.25, 0.3) is 5.91 Å². The monoisotopic (exact) mass is 330 g/mol. The molecule has 0 atom stereocenters. The van der Waals surface area contributed by atoms with Crippen LogP contribution in [0.1, 0.15) is 10.4 Å². The summed E-state index contributed by atoms with van der Waals surface area (Å²) in [4.78, 5) is 24.6. The molecule has 23 heavy (non-hydrogen) atoms. The van der Waals surface area contributed by atoms with Crippen molar-refractivity contribution in [3.05, 3.63) is 54.1 Å². The van der Waals surface area contributed by atoms with E-state index in [4.69, 9.17) is 4.74 Å². The van der Waals surface area contributed by atoms with Crippen molar-refractivity contribution in [1.29, 1.82) is 0 Å². The Labute approximate surface area is 139 Å². The Kier molecular flexibility index (Phi) is 6.05. The molecule has 0 saturated carbocycles. The van der Waals surface area contributed by atoms with Crippen LogP contribution in [0.4, 0.5) is 5.69 Å². The van der Waals surface area contributed by atoms with E-state index >= 15 is 0 Å². The van der Waals surface area contributed by atoms with Gasteiger partial charge in [-0.2, -0.15) is 0 Å². The van der Waals surface area contributed by atoms with Crippen LogP contribution in [0.25, 0.3) is 0 Å². The van der Waals surface area contributed by atoms with Gasteiger partial charge < -0.3 is 15.4 Å². The molecule has 0 fully saturated rings. The number of rotatable bonds is 6. The first-order valence-electron chi connectivity index (χ1n) is 7.01. The van der Waals surface area contributed by atoms with E-state index in [0.717, 1.165) is 10.6 Å². The molecule has 2 aromatic rings. The predicted molar refractivity (Wildman–Crippen MR) is 92.2 cm³/mol. The summed E-state index contributed by atoms with van der Waals surface area (Å²) in [6, 6.07) is 14.3. The number of anilines is 1. The highest BCUT2D eigenvalue weighted by Gasteiger charge is 2.07. The SMILES string of the molecule is CNC(=O)c1cccc(NC(=O)CSc2ccc(OC)cc2)c1. The molecule has 0 bridgehead atoms. The molecule has 0 aliphatic rings. The number of hydrogen-bond donors (Lipinski definition) is 2. The minimum atomic E-state index is -0.186. The van der Waals surface area contributed by atoms with Gasteiger partial charge in [0, 0.05) is 23.2 Å². The maximum Gasteiger partial charge on any atom is 0.251 e. The van der Waals surface area contributed by atoms with Crippen molar-refractivity contribution in [1.82, 2.24) is 5.32 Å². The lowest BCUT2D eigenvalue weighted by Crippen LogP contribution is -2.18. The predicted octanol–water partition coefficient (Wildman–Crippen LogP) is 2.79. The largest absolute Gasteiger partial charge is 0.497 e. The lowest BCUT2D eigenvalue weighted by atomic mass is 10.2. The summed E-state index contributed by atoms with van der Waals surface area (Å²) in [5.41, 5.74) is 1.11.